The number of hydrogen-bond acceptors (Lipinski definition) is 5. The third kappa shape index (κ3) is 3.87. The van der Waals surface area contributed by atoms with Crippen molar-refractivity contribution in [3.63, 3.8) is 0 Å². The van der Waals surface area contributed by atoms with Crippen molar-refractivity contribution in [1.29, 1.82) is 0 Å². The number of likely N-dealkylation sites (tertiary alicyclic amines) is 2. The molecule has 3 aromatic rings. The van der Waals surface area contributed by atoms with Gasteiger partial charge < -0.3 is 15.2 Å². The van der Waals surface area contributed by atoms with Gasteiger partial charge in [0.05, 0.1) is 23.5 Å². The molecule has 156 valence electrons. The van der Waals surface area contributed by atoms with Crippen molar-refractivity contribution in [3.8, 4) is 11.3 Å². The Hall–Kier alpha value is -2.64. The number of nitrogens with one attached hydrogen (secondary N) is 2. The number of aromatic nitrogens is 3. The Morgan fingerprint density at radius 2 is 2.00 bits per heavy atom. The van der Waals surface area contributed by atoms with Crippen LogP contribution in [0.15, 0.2) is 36.7 Å². The van der Waals surface area contributed by atoms with Crippen LogP contribution in [0.2, 0.25) is 5.02 Å². The maximum absolute atomic E-state index is 12.2. The van der Waals surface area contributed by atoms with E-state index in [0.29, 0.717) is 17.5 Å². The molecule has 5 rings (SSSR count). The Balaban J connectivity index is 1.24. The van der Waals surface area contributed by atoms with Crippen LogP contribution >= 0.6 is 11.6 Å². The molecule has 4 heterocycles. The average Bonchev–Trinajstić information content (AvgIpc) is 3.13. The van der Waals surface area contributed by atoms with Gasteiger partial charge in [-0.3, -0.25) is 9.69 Å². The van der Waals surface area contributed by atoms with Gasteiger partial charge in [0.2, 0.25) is 11.9 Å². The van der Waals surface area contributed by atoms with E-state index >= 15 is 0 Å². The zero-order chi connectivity index (χ0) is 20.5. The number of piperidine rings is 1. The van der Waals surface area contributed by atoms with Crippen LogP contribution in [0.4, 0.5) is 5.95 Å². The number of hydrogen-bond donors (Lipinski definition) is 2. The van der Waals surface area contributed by atoms with Crippen LogP contribution in [0.25, 0.3) is 22.2 Å². The van der Waals surface area contributed by atoms with Crippen LogP contribution < -0.4 is 5.32 Å². The zero-order valence-corrected chi connectivity index (χ0v) is 17.5. The number of nitrogens with zero attached hydrogens (tertiary/aromatic N) is 4. The Bertz CT molecular complexity index is 1050. The number of carbonyl (C=O) groups is 1. The minimum absolute atomic E-state index is 0.261. The molecule has 8 heteroatoms. The Morgan fingerprint density at radius 3 is 2.77 bits per heavy atom. The van der Waals surface area contributed by atoms with E-state index < -0.39 is 0 Å². The molecule has 2 fully saturated rings. The number of aromatic amines is 1. The van der Waals surface area contributed by atoms with E-state index in [0.717, 1.165) is 67.6 Å². The quantitative estimate of drug-likeness (QED) is 0.656. The molecule has 0 atom stereocenters. The van der Waals surface area contributed by atoms with E-state index in [4.69, 9.17) is 16.6 Å². The van der Waals surface area contributed by atoms with Crippen molar-refractivity contribution >= 4 is 34.4 Å². The van der Waals surface area contributed by atoms with Crippen LogP contribution in [-0.4, -0.2) is 69.4 Å². The van der Waals surface area contributed by atoms with Gasteiger partial charge in [-0.2, -0.15) is 0 Å². The van der Waals surface area contributed by atoms with E-state index in [1.54, 1.807) is 6.20 Å². The summed E-state index contributed by atoms with van der Waals surface area (Å²) in [5.41, 5.74) is 2.75. The summed E-state index contributed by atoms with van der Waals surface area (Å²) < 4.78 is 0. The third-order valence-electron chi connectivity index (χ3n) is 6.08. The van der Waals surface area contributed by atoms with Crippen molar-refractivity contribution in [1.82, 2.24) is 24.8 Å². The fourth-order valence-electron chi connectivity index (χ4n) is 4.17. The van der Waals surface area contributed by atoms with Gasteiger partial charge in [0.1, 0.15) is 0 Å². The first-order valence-electron chi connectivity index (χ1n) is 10.5. The normalized spacial score (nSPS) is 17.8. The molecule has 2 aliphatic heterocycles. The molecule has 30 heavy (non-hydrogen) atoms. The minimum atomic E-state index is 0.261. The second kappa shape index (κ2) is 8.24. The van der Waals surface area contributed by atoms with Crippen LogP contribution in [0, 0.1) is 0 Å². The first-order valence-corrected chi connectivity index (χ1v) is 10.9. The lowest BCUT2D eigenvalue weighted by Gasteiger charge is -2.36. The molecule has 0 unspecified atom stereocenters. The number of benzene rings is 1. The Kier molecular flexibility index (Phi) is 5.31. The van der Waals surface area contributed by atoms with Gasteiger partial charge in [-0.05, 0) is 25.3 Å². The molecule has 7 nitrogen and oxygen atoms in total. The second-order valence-electron chi connectivity index (χ2n) is 8.07. The largest absolute Gasteiger partial charge is 0.360 e. The summed E-state index contributed by atoms with van der Waals surface area (Å²) in [6, 6.07) is 8.39. The summed E-state index contributed by atoms with van der Waals surface area (Å²) in [4.78, 5) is 28.8. The fraction of sp³-hybridized carbons (Fsp3) is 0.409. The Labute approximate surface area is 180 Å². The number of para-hydroxylation sites is 1. The molecule has 1 aromatic carbocycles. The van der Waals surface area contributed by atoms with Gasteiger partial charge in [0.25, 0.3) is 0 Å². The molecule has 0 aliphatic carbocycles. The molecule has 2 aromatic heterocycles. The highest BCUT2D eigenvalue weighted by Crippen LogP contribution is 2.32. The maximum Gasteiger partial charge on any atom is 0.236 e. The molecule has 1 amide bonds. The summed E-state index contributed by atoms with van der Waals surface area (Å²) in [6.45, 7) is 4.18. The highest BCUT2D eigenvalue weighted by Gasteiger charge is 2.26. The lowest BCUT2D eigenvalue weighted by molar-refractivity contribution is -0.136. The van der Waals surface area contributed by atoms with Crippen molar-refractivity contribution < 1.29 is 4.79 Å². The lowest BCUT2D eigenvalue weighted by Crippen LogP contribution is -2.49. The molecule has 2 N–H and O–H groups in total. The van der Waals surface area contributed by atoms with Crippen molar-refractivity contribution in [3.05, 3.63) is 41.7 Å². The van der Waals surface area contributed by atoms with Crippen LogP contribution in [0.1, 0.15) is 19.3 Å². The molecular formula is C22H25ClN6O. The number of halogens is 1. The lowest BCUT2D eigenvalue weighted by atomic mass is 10.1. The van der Waals surface area contributed by atoms with Gasteiger partial charge in [0.15, 0.2) is 0 Å². The van der Waals surface area contributed by atoms with Crippen LogP contribution in [-0.2, 0) is 4.79 Å². The molecule has 2 saturated heterocycles. The van der Waals surface area contributed by atoms with Crippen molar-refractivity contribution in [2.75, 3.05) is 38.0 Å². The maximum atomic E-state index is 12.2. The molecule has 0 radical (unpaired) electrons. The summed E-state index contributed by atoms with van der Waals surface area (Å²) >= 11 is 6.43. The molecule has 0 saturated carbocycles. The third-order valence-corrected chi connectivity index (χ3v) is 6.35. The van der Waals surface area contributed by atoms with Gasteiger partial charge in [0, 0.05) is 54.9 Å². The predicted octanol–water partition coefficient (Wildman–Crippen LogP) is 3.39. The number of anilines is 1. The fourth-order valence-corrected chi connectivity index (χ4v) is 4.36. The number of amides is 1. The Morgan fingerprint density at radius 1 is 1.20 bits per heavy atom. The zero-order valence-electron chi connectivity index (χ0n) is 16.8. The number of rotatable bonds is 5. The highest BCUT2D eigenvalue weighted by molar-refractivity contribution is 6.33. The molecule has 0 bridgehead atoms. The number of fused-ring (bicyclic) bond motifs is 1. The van der Waals surface area contributed by atoms with E-state index in [2.05, 4.69) is 26.3 Å². The second-order valence-corrected chi connectivity index (χ2v) is 8.47. The highest BCUT2D eigenvalue weighted by atomic mass is 35.5. The first-order chi connectivity index (χ1) is 14.7. The average molecular weight is 425 g/mol. The monoisotopic (exact) mass is 424 g/mol. The van der Waals surface area contributed by atoms with E-state index in [1.165, 1.54) is 0 Å². The molecular weight excluding hydrogens is 400 g/mol. The van der Waals surface area contributed by atoms with Gasteiger partial charge in [-0.25, -0.2) is 9.97 Å². The summed E-state index contributed by atoms with van der Waals surface area (Å²) in [6.07, 6.45) is 6.66. The molecule has 0 spiro atoms. The van der Waals surface area contributed by atoms with Crippen molar-refractivity contribution in [2.24, 2.45) is 0 Å². The van der Waals surface area contributed by atoms with E-state index in [1.807, 2.05) is 29.3 Å². The van der Waals surface area contributed by atoms with E-state index in [-0.39, 0.29) is 11.9 Å². The predicted molar refractivity (Wildman–Crippen MR) is 119 cm³/mol. The van der Waals surface area contributed by atoms with Crippen LogP contribution in [0.3, 0.4) is 0 Å². The van der Waals surface area contributed by atoms with Gasteiger partial charge in [-0.1, -0.05) is 29.8 Å². The summed E-state index contributed by atoms with van der Waals surface area (Å²) in [7, 11) is 0. The minimum Gasteiger partial charge on any atom is -0.360 e. The molecule has 2 aliphatic rings. The standard InChI is InChI=1S/C22H25ClN6O/c23-18-13-25-22(27-21(18)17-12-24-19-5-2-1-4-16(17)19)26-15-6-10-28(11-7-15)14-20(30)29-8-3-9-29/h1-2,4-5,12-13,15,24H,3,6-11,14H2,(H,25,26,27). The smallest absolute Gasteiger partial charge is 0.236 e. The van der Waals surface area contributed by atoms with Crippen molar-refractivity contribution in [2.45, 2.75) is 25.3 Å². The topological polar surface area (TPSA) is 77.1 Å². The number of carbonyl (C=O) groups excluding carboxylic acids is 1. The van der Waals surface area contributed by atoms with E-state index in [9.17, 15) is 4.79 Å². The van der Waals surface area contributed by atoms with Gasteiger partial charge >= 0.3 is 0 Å². The summed E-state index contributed by atoms with van der Waals surface area (Å²) in [5.74, 6) is 0.854. The summed E-state index contributed by atoms with van der Waals surface area (Å²) in [5, 5.41) is 5.08. The number of H-pyrrole nitrogens is 1. The van der Waals surface area contributed by atoms with Crippen LogP contribution in [0.5, 0.6) is 0 Å². The SMILES string of the molecule is O=C(CN1CCC(Nc2ncc(Cl)c(-c3c[nH]c4ccccc34)n2)CC1)N1CCC1. The van der Waals surface area contributed by atoms with Gasteiger partial charge in [-0.15, -0.1) is 0 Å². The first kappa shape index (κ1) is 19.3.